The second kappa shape index (κ2) is 8.07. The van der Waals surface area contributed by atoms with Crippen molar-refractivity contribution in [2.24, 2.45) is 0 Å². The number of aromatic nitrogens is 1. The van der Waals surface area contributed by atoms with Crippen LogP contribution in [0.4, 0.5) is 0 Å². The number of pyridine rings is 1. The quantitative estimate of drug-likeness (QED) is 0.755. The van der Waals surface area contributed by atoms with Gasteiger partial charge in [0.15, 0.2) is 0 Å². The van der Waals surface area contributed by atoms with Crippen molar-refractivity contribution in [3.05, 3.63) is 66.0 Å². The Hall–Kier alpha value is -2.20. The first kappa shape index (κ1) is 14.2. The van der Waals surface area contributed by atoms with Gasteiger partial charge in [0.1, 0.15) is 0 Å². The van der Waals surface area contributed by atoms with Crippen molar-refractivity contribution >= 4 is 5.91 Å². The van der Waals surface area contributed by atoms with Gasteiger partial charge in [-0.3, -0.25) is 9.78 Å². The molecule has 104 valence electrons. The summed E-state index contributed by atoms with van der Waals surface area (Å²) in [5, 5.41) is 6.15. The Kier molecular flexibility index (Phi) is 5.73. The van der Waals surface area contributed by atoms with E-state index in [9.17, 15) is 4.79 Å². The van der Waals surface area contributed by atoms with Crippen LogP contribution in [0.2, 0.25) is 0 Å². The molecular formula is C16H19N3O. The van der Waals surface area contributed by atoms with E-state index in [1.807, 2.05) is 30.3 Å². The van der Waals surface area contributed by atoms with Crippen LogP contribution < -0.4 is 10.6 Å². The lowest BCUT2D eigenvalue weighted by molar-refractivity contribution is -0.121. The van der Waals surface area contributed by atoms with Crippen LogP contribution in [0.15, 0.2) is 54.9 Å². The van der Waals surface area contributed by atoms with Crippen LogP contribution in [0, 0.1) is 0 Å². The monoisotopic (exact) mass is 269 g/mol. The van der Waals surface area contributed by atoms with Crippen molar-refractivity contribution < 1.29 is 4.79 Å². The summed E-state index contributed by atoms with van der Waals surface area (Å²) in [4.78, 5) is 15.6. The number of rotatable bonds is 7. The summed E-state index contributed by atoms with van der Waals surface area (Å²) in [5.41, 5.74) is 2.29. The van der Waals surface area contributed by atoms with Gasteiger partial charge in [-0.05, 0) is 23.3 Å². The predicted molar refractivity (Wildman–Crippen MR) is 78.8 cm³/mol. The molecule has 1 amide bonds. The fraction of sp³-hybridized carbons (Fsp3) is 0.250. The van der Waals surface area contributed by atoms with Gasteiger partial charge in [0.2, 0.25) is 5.91 Å². The average molecular weight is 269 g/mol. The molecule has 0 bridgehead atoms. The zero-order valence-corrected chi connectivity index (χ0v) is 11.4. The number of carbonyl (C=O) groups excluding carboxylic acids is 1. The maximum atomic E-state index is 11.7. The van der Waals surface area contributed by atoms with Crippen LogP contribution in [0.3, 0.4) is 0 Å². The summed E-state index contributed by atoms with van der Waals surface area (Å²) in [6.45, 7) is 2.02. The van der Waals surface area contributed by atoms with Gasteiger partial charge in [-0.1, -0.05) is 30.3 Å². The fourth-order valence-electron chi connectivity index (χ4n) is 1.82. The van der Waals surface area contributed by atoms with Crippen molar-refractivity contribution in [1.82, 2.24) is 15.6 Å². The molecule has 0 aliphatic rings. The van der Waals surface area contributed by atoms with E-state index in [0.29, 0.717) is 19.5 Å². The molecule has 4 nitrogen and oxygen atoms in total. The van der Waals surface area contributed by atoms with E-state index in [1.165, 1.54) is 5.56 Å². The largest absolute Gasteiger partial charge is 0.352 e. The molecule has 20 heavy (non-hydrogen) atoms. The maximum absolute atomic E-state index is 11.7. The van der Waals surface area contributed by atoms with E-state index in [4.69, 9.17) is 0 Å². The highest BCUT2D eigenvalue weighted by molar-refractivity contribution is 5.76. The predicted octanol–water partition coefficient (Wildman–Crippen LogP) is 1.88. The van der Waals surface area contributed by atoms with Gasteiger partial charge in [-0.15, -0.1) is 0 Å². The van der Waals surface area contributed by atoms with Crippen LogP contribution in [0.1, 0.15) is 17.5 Å². The van der Waals surface area contributed by atoms with Crippen LogP contribution in [0.25, 0.3) is 0 Å². The first-order chi connectivity index (χ1) is 9.84. The van der Waals surface area contributed by atoms with E-state index in [-0.39, 0.29) is 5.91 Å². The Bertz CT molecular complexity index is 514. The van der Waals surface area contributed by atoms with Crippen molar-refractivity contribution in [2.45, 2.75) is 19.5 Å². The molecular weight excluding hydrogens is 250 g/mol. The lowest BCUT2D eigenvalue weighted by Gasteiger charge is -2.06. The number of nitrogens with one attached hydrogen (secondary N) is 2. The van der Waals surface area contributed by atoms with Crippen LogP contribution in [-0.2, 0) is 17.9 Å². The molecule has 0 radical (unpaired) electrons. The van der Waals surface area contributed by atoms with Gasteiger partial charge in [-0.25, -0.2) is 0 Å². The third-order valence-electron chi connectivity index (χ3n) is 2.94. The molecule has 4 heteroatoms. The number of amides is 1. The molecule has 0 atom stereocenters. The number of carbonyl (C=O) groups is 1. The zero-order chi connectivity index (χ0) is 14.0. The van der Waals surface area contributed by atoms with Crippen LogP contribution in [-0.4, -0.2) is 17.4 Å². The minimum atomic E-state index is 0.0578. The van der Waals surface area contributed by atoms with Gasteiger partial charge in [0.25, 0.3) is 0 Å². The Morgan fingerprint density at radius 3 is 2.40 bits per heavy atom. The highest BCUT2D eigenvalue weighted by Gasteiger charge is 2.00. The molecule has 0 saturated carbocycles. The first-order valence-electron chi connectivity index (χ1n) is 6.75. The van der Waals surface area contributed by atoms with Crippen molar-refractivity contribution in [3.63, 3.8) is 0 Å². The smallest absolute Gasteiger partial charge is 0.221 e. The van der Waals surface area contributed by atoms with Gasteiger partial charge >= 0.3 is 0 Å². The molecule has 0 unspecified atom stereocenters. The summed E-state index contributed by atoms with van der Waals surface area (Å²) in [6.07, 6.45) is 3.93. The second-order valence-corrected chi connectivity index (χ2v) is 4.54. The first-order valence-corrected chi connectivity index (χ1v) is 6.75. The third-order valence-corrected chi connectivity index (χ3v) is 2.94. The maximum Gasteiger partial charge on any atom is 0.221 e. The second-order valence-electron chi connectivity index (χ2n) is 4.54. The summed E-state index contributed by atoms with van der Waals surface area (Å²) in [7, 11) is 0. The molecule has 0 spiro atoms. The van der Waals surface area contributed by atoms with E-state index in [1.54, 1.807) is 12.4 Å². The van der Waals surface area contributed by atoms with Crippen LogP contribution >= 0.6 is 0 Å². The Morgan fingerprint density at radius 1 is 0.950 bits per heavy atom. The van der Waals surface area contributed by atoms with Gasteiger partial charge in [-0.2, -0.15) is 0 Å². The minimum absolute atomic E-state index is 0.0578. The standard InChI is InChI=1S/C16H19N3O/c20-16(19-13-15-6-9-17-10-7-15)8-11-18-12-14-4-2-1-3-5-14/h1-7,9-10,18H,8,11-13H2,(H,19,20). The molecule has 1 aromatic heterocycles. The molecule has 0 aliphatic heterocycles. The molecule has 1 heterocycles. The van der Waals surface area contributed by atoms with E-state index in [0.717, 1.165) is 12.1 Å². The van der Waals surface area contributed by atoms with Crippen molar-refractivity contribution in [1.29, 1.82) is 0 Å². The lowest BCUT2D eigenvalue weighted by atomic mass is 10.2. The average Bonchev–Trinajstić information content (AvgIpc) is 2.52. The van der Waals surface area contributed by atoms with Gasteiger partial charge in [0, 0.05) is 38.4 Å². The third kappa shape index (κ3) is 5.20. The Balaban J connectivity index is 1.59. The highest BCUT2D eigenvalue weighted by atomic mass is 16.1. The summed E-state index contributed by atoms with van der Waals surface area (Å²) in [5.74, 6) is 0.0578. The SMILES string of the molecule is O=C(CCNCc1ccccc1)NCc1ccncc1. The topological polar surface area (TPSA) is 54.0 Å². The molecule has 0 saturated heterocycles. The minimum Gasteiger partial charge on any atom is -0.352 e. The molecule has 2 N–H and O–H groups in total. The normalized spacial score (nSPS) is 10.2. The molecule has 2 aromatic rings. The van der Waals surface area contributed by atoms with Crippen LogP contribution in [0.5, 0.6) is 0 Å². The van der Waals surface area contributed by atoms with E-state index >= 15 is 0 Å². The summed E-state index contributed by atoms with van der Waals surface area (Å²) < 4.78 is 0. The van der Waals surface area contributed by atoms with Crippen molar-refractivity contribution in [2.75, 3.05) is 6.54 Å². The Morgan fingerprint density at radius 2 is 1.65 bits per heavy atom. The fourth-order valence-corrected chi connectivity index (χ4v) is 1.82. The lowest BCUT2D eigenvalue weighted by Crippen LogP contribution is -2.27. The van der Waals surface area contributed by atoms with E-state index in [2.05, 4.69) is 27.8 Å². The molecule has 2 rings (SSSR count). The zero-order valence-electron chi connectivity index (χ0n) is 11.4. The van der Waals surface area contributed by atoms with Crippen molar-refractivity contribution in [3.8, 4) is 0 Å². The highest BCUT2D eigenvalue weighted by Crippen LogP contribution is 1.97. The number of hydrogen-bond donors (Lipinski definition) is 2. The summed E-state index contributed by atoms with van der Waals surface area (Å²) >= 11 is 0. The number of nitrogens with zero attached hydrogens (tertiary/aromatic N) is 1. The van der Waals surface area contributed by atoms with Gasteiger partial charge < -0.3 is 10.6 Å². The number of hydrogen-bond acceptors (Lipinski definition) is 3. The molecule has 0 fully saturated rings. The molecule has 0 aliphatic carbocycles. The van der Waals surface area contributed by atoms with E-state index < -0.39 is 0 Å². The Labute approximate surface area is 119 Å². The number of benzene rings is 1. The molecule has 1 aromatic carbocycles. The van der Waals surface area contributed by atoms with Gasteiger partial charge in [0.05, 0.1) is 0 Å². The summed E-state index contributed by atoms with van der Waals surface area (Å²) in [6, 6.07) is 13.9.